The van der Waals surface area contributed by atoms with Crippen LogP contribution in [0.4, 0.5) is 0 Å². The third-order valence-electron chi connectivity index (χ3n) is 1.36. The molecule has 0 spiro atoms. The standard InChI is InChI=1S/C10H20OSi/c1-5-6-7-8-9-10-11-12(2,3)4/h5-7,10H2,1-4H3. The molecule has 0 aliphatic rings. The summed E-state index contributed by atoms with van der Waals surface area (Å²) in [4.78, 5) is 0. The Kier molecular flexibility index (Phi) is 6.14. The van der Waals surface area contributed by atoms with Crippen molar-refractivity contribution in [3.8, 4) is 11.8 Å². The summed E-state index contributed by atoms with van der Waals surface area (Å²) in [6.07, 6.45) is 3.45. The van der Waals surface area contributed by atoms with E-state index in [2.05, 4.69) is 38.4 Å². The third kappa shape index (κ3) is 9.74. The predicted molar refractivity (Wildman–Crippen MR) is 56.6 cm³/mol. The lowest BCUT2D eigenvalue weighted by molar-refractivity contribution is 0.365. The molecule has 2 heteroatoms. The smallest absolute Gasteiger partial charge is 0.185 e. The van der Waals surface area contributed by atoms with E-state index in [9.17, 15) is 0 Å². The first-order valence-corrected chi connectivity index (χ1v) is 8.07. The Hall–Kier alpha value is -0.263. The van der Waals surface area contributed by atoms with E-state index in [1.165, 1.54) is 12.8 Å². The average molecular weight is 184 g/mol. The maximum absolute atomic E-state index is 5.57. The fourth-order valence-corrected chi connectivity index (χ4v) is 1.16. The molecule has 12 heavy (non-hydrogen) atoms. The zero-order chi connectivity index (χ0) is 9.45. The lowest BCUT2D eigenvalue weighted by Crippen LogP contribution is -2.25. The molecule has 0 fully saturated rings. The van der Waals surface area contributed by atoms with Crippen molar-refractivity contribution in [1.29, 1.82) is 0 Å². The van der Waals surface area contributed by atoms with E-state index in [1.54, 1.807) is 0 Å². The summed E-state index contributed by atoms with van der Waals surface area (Å²) in [5, 5.41) is 0. The molecule has 0 radical (unpaired) electrons. The van der Waals surface area contributed by atoms with Gasteiger partial charge in [0.2, 0.25) is 0 Å². The summed E-state index contributed by atoms with van der Waals surface area (Å²) >= 11 is 0. The Labute approximate surface area is 77.6 Å². The van der Waals surface area contributed by atoms with Gasteiger partial charge in [-0.15, -0.1) is 5.92 Å². The molecule has 0 saturated heterocycles. The summed E-state index contributed by atoms with van der Waals surface area (Å²) < 4.78 is 5.57. The first-order chi connectivity index (χ1) is 5.56. The first kappa shape index (κ1) is 11.7. The van der Waals surface area contributed by atoms with Crippen molar-refractivity contribution in [3.63, 3.8) is 0 Å². The van der Waals surface area contributed by atoms with E-state index in [1.807, 2.05) is 0 Å². The zero-order valence-electron chi connectivity index (χ0n) is 8.74. The third-order valence-corrected chi connectivity index (χ3v) is 2.37. The molecule has 0 atom stereocenters. The Morgan fingerprint density at radius 3 is 2.33 bits per heavy atom. The van der Waals surface area contributed by atoms with Gasteiger partial charge in [-0.1, -0.05) is 19.3 Å². The predicted octanol–water partition coefficient (Wildman–Crippen LogP) is 3.03. The summed E-state index contributed by atoms with van der Waals surface area (Å²) in [7, 11) is -1.33. The van der Waals surface area contributed by atoms with Crippen molar-refractivity contribution < 1.29 is 4.43 Å². The SMILES string of the molecule is CCCCC#CCO[Si](C)(C)C. The van der Waals surface area contributed by atoms with Crippen LogP contribution in [0.5, 0.6) is 0 Å². The van der Waals surface area contributed by atoms with Crippen molar-refractivity contribution in [3.05, 3.63) is 0 Å². The van der Waals surface area contributed by atoms with E-state index in [0.717, 1.165) is 6.42 Å². The highest BCUT2D eigenvalue weighted by Crippen LogP contribution is 2.00. The van der Waals surface area contributed by atoms with Gasteiger partial charge in [-0.2, -0.15) is 0 Å². The van der Waals surface area contributed by atoms with E-state index in [-0.39, 0.29) is 0 Å². The van der Waals surface area contributed by atoms with Crippen LogP contribution in [-0.2, 0) is 4.43 Å². The van der Waals surface area contributed by atoms with Gasteiger partial charge in [-0.25, -0.2) is 0 Å². The van der Waals surface area contributed by atoms with Gasteiger partial charge in [0, 0.05) is 6.42 Å². The van der Waals surface area contributed by atoms with E-state index in [4.69, 9.17) is 4.43 Å². The van der Waals surface area contributed by atoms with Gasteiger partial charge in [0.15, 0.2) is 8.32 Å². The van der Waals surface area contributed by atoms with E-state index >= 15 is 0 Å². The van der Waals surface area contributed by atoms with Crippen LogP contribution in [0, 0.1) is 11.8 Å². The second-order valence-corrected chi connectivity index (χ2v) is 8.37. The lowest BCUT2D eigenvalue weighted by Gasteiger charge is -2.13. The fraction of sp³-hybridized carbons (Fsp3) is 0.800. The summed E-state index contributed by atoms with van der Waals surface area (Å²) in [6, 6.07) is 0. The van der Waals surface area contributed by atoms with Crippen LogP contribution >= 0.6 is 0 Å². The minimum Gasteiger partial charge on any atom is -0.407 e. The van der Waals surface area contributed by atoms with Gasteiger partial charge in [0.25, 0.3) is 0 Å². The molecule has 0 aliphatic heterocycles. The normalized spacial score (nSPS) is 10.7. The fourth-order valence-electron chi connectivity index (χ4n) is 0.657. The summed E-state index contributed by atoms with van der Waals surface area (Å²) in [6.45, 7) is 9.35. The van der Waals surface area contributed by atoms with Crippen molar-refractivity contribution in [1.82, 2.24) is 0 Å². The Morgan fingerprint density at radius 1 is 1.17 bits per heavy atom. The maximum atomic E-state index is 5.57. The highest BCUT2D eigenvalue weighted by atomic mass is 28.4. The molecule has 0 aliphatic carbocycles. The molecule has 1 nitrogen and oxygen atoms in total. The Morgan fingerprint density at radius 2 is 1.83 bits per heavy atom. The summed E-state index contributed by atoms with van der Waals surface area (Å²) in [5.74, 6) is 6.15. The van der Waals surface area contributed by atoms with Crippen molar-refractivity contribution >= 4 is 8.32 Å². The Bertz CT molecular complexity index is 159. The van der Waals surface area contributed by atoms with Crippen LogP contribution < -0.4 is 0 Å². The van der Waals surface area contributed by atoms with Crippen molar-refractivity contribution in [2.75, 3.05) is 6.61 Å². The van der Waals surface area contributed by atoms with Crippen LogP contribution in [0.3, 0.4) is 0 Å². The van der Waals surface area contributed by atoms with Gasteiger partial charge >= 0.3 is 0 Å². The highest BCUT2D eigenvalue weighted by molar-refractivity contribution is 6.69. The van der Waals surface area contributed by atoms with Crippen molar-refractivity contribution in [2.24, 2.45) is 0 Å². The van der Waals surface area contributed by atoms with Crippen LogP contribution in [0.1, 0.15) is 26.2 Å². The zero-order valence-corrected chi connectivity index (χ0v) is 9.74. The van der Waals surface area contributed by atoms with Crippen LogP contribution in [0.2, 0.25) is 19.6 Å². The van der Waals surface area contributed by atoms with Gasteiger partial charge < -0.3 is 4.43 Å². The van der Waals surface area contributed by atoms with Gasteiger partial charge in [0.05, 0.1) is 6.61 Å². The number of unbranched alkanes of at least 4 members (excludes halogenated alkanes) is 2. The molecular weight excluding hydrogens is 164 g/mol. The average Bonchev–Trinajstić information content (AvgIpc) is 1.94. The number of hydrogen-bond donors (Lipinski definition) is 0. The molecule has 0 N–H and O–H groups in total. The topological polar surface area (TPSA) is 9.23 Å². The second-order valence-electron chi connectivity index (χ2n) is 3.86. The van der Waals surface area contributed by atoms with Crippen LogP contribution in [-0.4, -0.2) is 14.9 Å². The molecule has 70 valence electrons. The Balaban J connectivity index is 3.33. The lowest BCUT2D eigenvalue weighted by atomic mass is 10.2. The largest absolute Gasteiger partial charge is 0.407 e. The van der Waals surface area contributed by atoms with E-state index < -0.39 is 8.32 Å². The van der Waals surface area contributed by atoms with E-state index in [0.29, 0.717) is 6.61 Å². The quantitative estimate of drug-likeness (QED) is 0.371. The van der Waals surface area contributed by atoms with Crippen molar-refractivity contribution in [2.45, 2.75) is 45.8 Å². The molecule has 0 aromatic rings. The second kappa shape index (κ2) is 6.27. The van der Waals surface area contributed by atoms with Crippen LogP contribution in [0.15, 0.2) is 0 Å². The minimum atomic E-state index is -1.33. The molecule has 0 unspecified atom stereocenters. The molecule has 0 rings (SSSR count). The molecule has 0 saturated carbocycles. The minimum absolute atomic E-state index is 0.624. The monoisotopic (exact) mass is 184 g/mol. The molecule has 0 heterocycles. The molecule has 0 aromatic carbocycles. The molecule has 0 aromatic heterocycles. The number of hydrogen-bond acceptors (Lipinski definition) is 1. The molecular formula is C10H20OSi. The molecule has 0 amide bonds. The van der Waals surface area contributed by atoms with Crippen LogP contribution in [0.25, 0.3) is 0 Å². The van der Waals surface area contributed by atoms with Gasteiger partial charge in [-0.05, 0) is 26.1 Å². The maximum Gasteiger partial charge on any atom is 0.185 e. The highest BCUT2D eigenvalue weighted by Gasteiger charge is 2.12. The number of rotatable bonds is 4. The first-order valence-electron chi connectivity index (χ1n) is 4.66. The summed E-state index contributed by atoms with van der Waals surface area (Å²) in [5.41, 5.74) is 0. The van der Waals surface area contributed by atoms with Gasteiger partial charge in [0.1, 0.15) is 0 Å². The van der Waals surface area contributed by atoms with Gasteiger partial charge in [-0.3, -0.25) is 0 Å². The molecule has 0 bridgehead atoms.